The van der Waals surface area contributed by atoms with E-state index in [4.69, 9.17) is 31.8 Å². The third-order valence-corrected chi connectivity index (χ3v) is 9.19. The van der Waals surface area contributed by atoms with Gasteiger partial charge in [0, 0.05) is 33.2 Å². The molecule has 6 nitrogen and oxygen atoms in total. The third kappa shape index (κ3) is 3.34. The van der Waals surface area contributed by atoms with Gasteiger partial charge in [-0.2, -0.15) is 0 Å². The zero-order chi connectivity index (χ0) is 29.4. The Kier molecular flexibility index (Phi) is 5.30. The molecule has 2 aliphatic heterocycles. The quantitative estimate of drug-likeness (QED) is 0.213. The normalized spacial score (nSPS) is 17.3. The minimum Gasteiger partial charge on any atom is -0.454 e. The average molecular weight is 575 g/mol. The van der Waals surface area contributed by atoms with Crippen molar-refractivity contribution in [3.05, 3.63) is 119 Å². The highest BCUT2D eigenvalue weighted by atomic mass is 16.7. The lowest BCUT2D eigenvalue weighted by Gasteiger charge is -2.33. The second-order valence-corrected chi connectivity index (χ2v) is 11.3. The van der Waals surface area contributed by atoms with Gasteiger partial charge in [0.05, 0.1) is 24.9 Å². The van der Waals surface area contributed by atoms with E-state index in [1.807, 2.05) is 12.1 Å². The van der Waals surface area contributed by atoms with E-state index in [9.17, 15) is 0 Å². The van der Waals surface area contributed by atoms with Gasteiger partial charge in [-0.25, -0.2) is 0 Å². The molecule has 3 aliphatic rings. The molecule has 0 fully saturated rings. The van der Waals surface area contributed by atoms with Crippen LogP contribution in [0.15, 0.2) is 84.9 Å². The van der Waals surface area contributed by atoms with Crippen LogP contribution in [-0.4, -0.2) is 22.7 Å². The number of terminal acetylenes is 2. The molecule has 44 heavy (non-hydrogen) atoms. The van der Waals surface area contributed by atoms with Crippen LogP contribution in [0.1, 0.15) is 45.5 Å². The molecule has 0 bridgehead atoms. The van der Waals surface area contributed by atoms with Gasteiger partial charge in [0.1, 0.15) is 0 Å². The van der Waals surface area contributed by atoms with Crippen LogP contribution in [0.3, 0.4) is 0 Å². The molecule has 0 amide bonds. The van der Waals surface area contributed by atoms with Crippen molar-refractivity contribution < 1.29 is 18.9 Å². The molecule has 0 spiro atoms. The Morgan fingerprint density at radius 2 is 1.00 bits per heavy atom. The summed E-state index contributed by atoms with van der Waals surface area (Å²) >= 11 is 0. The zero-order valence-electron chi connectivity index (χ0n) is 23.7. The number of hydrogen-bond acceptors (Lipinski definition) is 4. The molecular formula is C38H26N2O4. The maximum absolute atomic E-state index is 6.07. The van der Waals surface area contributed by atoms with Gasteiger partial charge in [-0.05, 0) is 58.7 Å². The summed E-state index contributed by atoms with van der Waals surface area (Å²) in [6, 6.07) is 29.6. The molecule has 2 unspecified atom stereocenters. The summed E-state index contributed by atoms with van der Waals surface area (Å²) in [6.45, 7) is 1.29. The first-order valence-electron chi connectivity index (χ1n) is 14.6. The van der Waals surface area contributed by atoms with Gasteiger partial charge < -0.3 is 28.1 Å². The molecule has 0 radical (unpaired) electrons. The zero-order valence-corrected chi connectivity index (χ0v) is 23.7. The van der Waals surface area contributed by atoms with Gasteiger partial charge >= 0.3 is 0 Å². The summed E-state index contributed by atoms with van der Waals surface area (Å²) in [5, 5.41) is 2.32. The number of aromatic nitrogens is 2. The Hall–Kier alpha value is -5.72. The number of hydrogen-bond donors (Lipinski definition) is 0. The Balaban J connectivity index is 1.46. The first kappa shape index (κ1) is 24.8. The van der Waals surface area contributed by atoms with E-state index < -0.39 is 0 Å². The lowest BCUT2D eigenvalue weighted by molar-refractivity contribution is 0.173. The fraction of sp³-hybridized carbons (Fsp3) is 0.158. The topological polar surface area (TPSA) is 46.8 Å². The molecule has 2 atom stereocenters. The summed E-state index contributed by atoms with van der Waals surface area (Å²) in [4.78, 5) is 0. The van der Waals surface area contributed by atoms with Crippen LogP contribution in [0.4, 0.5) is 0 Å². The number of rotatable bonds is 4. The minimum absolute atomic E-state index is 0.149. The summed E-state index contributed by atoms with van der Waals surface area (Å²) in [7, 11) is 0. The monoisotopic (exact) mass is 574 g/mol. The Bertz CT molecular complexity index is 2080. The molecule has 6 aromatic rings. The molecule has 4 heterocycles. The van der Waals surface area contributed by atoms with E-state index in [2.05, 4.69) is 93.8 Å². The third-order valence-electron chi connectivity index (χ3n) is 9.19. The fourth-order valence-electron chi connectivity index (χ4n) is 7.56. The fourth-order valence-corrected chi connectivity index (χ4v) is 7.56. The molecule has 6 heteroatoms. The summed E-state index contributed by atoms with van der Waals surface area (Å²) in [5.41, 5.74) is 9.17. The van der Waals surface area contributed by atoms with Crippen molar-refractivity contribution in [2.24, 2.45) is 0 Å². The lowest BCUT2D eigenvalue weighted by atomic mass is 9.72. The Morgan fingerprint density at radius 3 is 1.45 bits per heavy atom. The largest absolute Gasteiger partial charge is 0.454 e. The summed E-state index contributed by atoms with van der Waals surface area (Å²) in [5.74, 6) is 8.60. The predicted molar refractivity (Wildman–Crippen MR) is 169 cm³/mol. The van der Waals surface area contributed by atoms with E-state index in [-0.39, 0.29) is 25.4 Å². The van der Waals surface area contributed by atoms with Gasteiger partial charge in [-0.3, -0.25) is 0 Å². The van der Waals surface area contributed by atoms with Crippen molar-refractivity contribution in [1.82, 2.24) is 9.13 Å². The summed E-state index contributed by atoms with van der Waals surface area (Å²) < 4.78 is 27.8. The molecule has 212 valence electrons. The van der Waals surface area contributed by atoms with Crippen molar-refractivity contribution in [3.63, 3.8) is 0 Å². The highest BCUT2D eigenvalue weighted by molar-refractivity contribution is 5.94. The van der Waals surface area contributed by atoms with Crippen LogP contribution in [0.2, 0.25) is 0 Å². The van der Waals surface area contributed by atoms with Crippen LogP contribution in [0.25, 0.3) is 21.8 Å². The molecule has 0 saturated heterocycles. The van der Waals surface area contributed by atoms with Crippen LogP contribution in [0, 0.1) is 24.7 Å². The van der Waals surface area contributed by atoms with Crippen molar-refractivity contribution >= 4 is 21.8 Å². The Morgan fingerprint density at radius 1 is 0.568 bits per heavy atom. The predicted octanol–water partition coefficient (Wildman–Crippen LogP) is 6.99. The second kappa shape index (κ2) is 9.39. The van der Waals surface area contributed by atoms with Gasteiger partial charge in [-0.15, -0.1) is 12.8 Å². The number of nitrogens with zero attached hydrogens (tertiary/aromatic N) is 2. The smallest absolute Gasteiger partial charge is 0.231 e. The van der Waals surface area contributed by atoms with E-state index in [0.717, 1.165) is 55.9 Å². The van der Waals surface area contributed by atoms with Crippen molar-refractivity contribution in [1.29, 1.82) is 0 Å². The number of ether oxygens (including phenoxy) is 4. The van der Waals surface area contributed by atoms with E-state index in [1.165, 1.54) is 22.5 Å². The molecule has 4 aromatic carbocycles. The van der Waals surface area contributed by atoms with Crippen molar-refractivity contribution in [2.45, 2.75) is 24.9 Å². The number of benzene rings is 4. The number of para-hydroxylation sites is 2. The van der Waals surface area contributed by atoms with Crippen LogP contribution < -0.4 is 18.9 Å². The maximum atomic E-state index is 6.07. The molecule has 0 N–H and O–H groups in total. The van der Waals surface area contributed by atoms with Crippen LogP contribution in [0.5, 0.6) is 23.0 Å². The number of fused-ring (bicyclic) bond motifs is 8. The second-order valence-electron chi connectivity index (χ2n) is 11.3. The Labute approximate surface area is 254 Å². The average Bonchev–Trinajstić information content (AvgIpc) is 3.85. The van der Waals surface area contributed by atoms with E-state index in [1.54, 1.807) is 0 Å². The first-order valence-corrected chi connectivity index (χ1v) is 14.6. The maximum Gasteiger partial charge on any atom is 0.231 e. The van der Waals surface area contributed by atoms with Crippen molar-refractivity contribution in [2.75, 3.05) is 13.6 Å². The molecule has 0 saturated carbocycles. The summed E-state index contributed by atoms with van der Waals surface area (Å²) in [6.07, 6.45) is 12.1. The van der Waals surface area contributed by atoms with Crippen molar-refractivity contribution in [3.8, 4) is 47.7 Å². The standard InChI is InChI=1S/C38H26N2O4/c1-3-17-39-27-11-7-5-9-25(27)35-34(24-14-16-30-32(20-24)44-22-42-30)38-36(26-10-6-8-12-28(26)40(38)18-4-2)33(37(35)39)23-13-15-29-31(19-23)43-21-41-29/h1-2,5-16,19-20,33-34H,17-18,21-22H2. The van der Waals surface area contributed by atoms with Gasteiger partial charge in [0.2, 0.25) is 13.6 Å². The molecule has 9 rings (SSSR count). The van der Waals surface area contributed by atoms with Gasteiger partial charge in [-0.1, -0.05) is 60.4 Å². The van der Waals surface area contributed by atoms with Gasteiger partial charge in [0.15, 0.2) is 23.0 Å². The minimum atomic E-state index is -0.149. The van der Waals surface area contributed by atoms with Crippen LogP contribution in [-0.2, 0) is 13.1 Å². The lowest BCUT2D eigenvalue weighted by Crippen LogP contribution is -2.23. The highest BCUT2D eigenvalue weighted by Gasteiger charge is 2.43. The van der Waals surface area contributed by atoms with Crippen LogP contribution >= 0.6 is 0 Å². The van der Waals surface area contributed by atoms with E-state index >= 15 is 0 Å². The SMILES string of the molecule is C#CCn1c2c(c3ccccc31)C(c1ccc3c(c1)OCO3)c1c(c3ccccc3n1CC#C)C2c1ccc2c(c1)OCO2. The molecule has 2 aromatic heterocycles. The molecular weight excluding hydrogens is 548 g/mol. The van der Waals surface area contributed by atoms with E-state index in [0.29, 0.717) is 13.1 Å². The molecule has 1 aliphatic carbocycles. The highest BCUT2D eigenvalue weighted by Crippen LogP contribution is 2.56. The van der Waals surface area contributed by atoms with Gasteiger partial charge in [0.25, 0.3) is 0 Å². The first-order chi connectivity index (χ1) is 21.8.